The predicted molar refractivity (Wildman–Crippen MR) is 166 cm³/mol. The monoisotopic (exact) mass is 587 g/mol. The zero-order chi connectivity index (χ0) is 29.3. The zero-order valence-corrected chi connectivity index (χ0v) is 24.3. The summed E-state index contributed by atoms with van der Waals surface area (Å²) in [5.74, 6) is 0.00754. The molecule has 1 amide bonds. The number of nitrogens with one attached hydrogen (secondary N) is 1. The van der Waals surface area contributed by atoms with Crippen LogP contribution in [0.25, 0.3) is 0 Å². The highest BCUT2D eigenvalue weighted by atomic mass is 32.2. The van der Waals surface area contributed by atoms with E-state index >= 15 is 0 Å². The summed E-state index contributed by atoms with van der Waals surface area (Å²) in [6.07, 6.45) is 0.535. The molecule has 0 aromatic heterocycles. The second-order valence-corrected chi connectivity index (χ2v) is 12.0. The van der Waals surface area contributed by atoms with Gasteiger partial charge in [0.05, 0.1) is 11.4 Å². The van der Waals surface area contributed by atoms with Gasteiger partial charge in [-0.05, 0) is 52.8 Å². The maximum Gasteiger partial charge on any atom is 0.239 e. The molecule has 8 nitrogen and oxygen atoms in total. The molecular weight excluding hydrogens is 555 g/mol. The number of rotatable bonds is 11. The van der Waals surface area contributed by atoms with Gasteiger partial charge >= 0.3 is 0 Å². The number of nitrogens with zero attached hydrogens (tertiary/aromatic N) is 2. The Balaban J connectivity index is 1.47. The van der Waals surface area contributed by atoms with Crippen molar-refractivity contribution in [3.63, 3.8) is 0 Å². The first kappa shape index (κ1) is 29.9. The van der Waals surface area contributed by atoms with E-state index in [0.717, 1.165) is 22.3 Å². The Morgan fingerprint density at radius 3 is 1.73 bits per heavy atom. The van der Waals surface area contributed by atoms with Crippen LogP contribution in [0.1, 0.15) is 22.3 Å². The van der Waals surface area contributed by atoms with Gasteiger partial charge in [0.25, 0.3) is 0 Å². The largest absolute Gasteiger partial charge is 0.369 e. The number of hydrogen-bond acceptors (Lipinski definition) is 5. The summed E-state index contributed by atoms with van der Waals surface area (Å²) in [6, 6.07) is 36.8. The Labute approximate surface area is 245 Å². The minimum atomic E-state index is -3.74. The third-order valence-electron chi connectivity index (χ3n) is 6.58. The lowest BCUT2D eigenvalue weighted by molar-refractivity contribution is -0.121. The highest BCUT2D eigenvalue weighted by Gasteiger charge is 2.38. The van der Waals surface area contributed by atoms with Gasteiger partial charge in [-0.15, -0.1) is 0 Å². The van der Waals surface area contributed by atoms with E-state index in [1.54, 1.807) is 24.1 Å². The Morgan fingerprint density at radius 1 is 0.829 bits per heavy atom. The van der Waals surface area contributed by atoms with E-state index in [1.165, 1.54) is 24.1 Å². The summed E-state index contributed by atoms with van der Waals surface area (Å²) < 4.78 is 26.9. The van der Waals surface area contributed by atoms with Crippen molar-refractivity contribution in [1.29, 1.82) is 0 Å². The van der Waals surface area contributed by atoms with Gasteiger partial charge in [0.15, 0.2) is 0 Å². The SMILES string of the molecule is CN(CC(=O)NCCc1ccc(S(N)(=O)=O)cc1)/C(N)=N/SC(c1ccccc1)(c1ccccc1)c1ccccc1. The number of likely N-dealkylation sites (N-methyl/N-ethyl adjacent to an activating group) is 1. The van der Waals surface area contributed by atoms with Crippen LogP contribution in [0.2, 0.25) is 0 Å². The molecular formula is C31H33N5O3S2. The Bertz CT molecular complexity index is 1470. The Kier molecular flexibility index (Phi) is 9.82. The molecule has 0 radical (unpaired) electrons. The second-order valence-electron chi connectivity index (χ2n) is 9.47. The molecule has 4 aromatic rings. The molecule has 0 unspecified atom stereocenters. The minimum Gasteiger partial charge on any atom is -0.369 e. The molecule has 10 heteroatoms. The highest BCUT2D eigenvalue weighted by Crippen LogP contribution is 2.48. The van der Waals surface area contributed by atoms with Gasteiger partial charge < -0.3 is 16.0 Å². The molecule has 41 heavy (non-hydrogen) atoms. The van der Waals surface area contributed by atoms with Crippen LogP contribution >= 0.6 is 11.9 Å². The number of nitrogens with two attached hydrogens (primary N) is 2. The molecule has 0 aliphatic rings. The molecule has 0 spiro atoms. The van der Waals surface area contributed by atoms with E-state index in [1.807, 2.05) is 54.6 Å². The van der Waals surface area contributed by atoms with Crippen molar-refractivity contribution < 1.29 is 13.2 Å². The van der Waals surface area contributed by atoms with Crippen LogP contribution in [-0.2, 0) is 26.0 Å². The van der Waals surface area contributed by atoms with Gasteiger partial charge in [-0.3, -0.25) is 4.79 Å². The summed E-state index contributed by atoms with van der Waals surface area (Å²) in [5, 5.41) is 8.01. The van der Waals surface area contributed by atoms with Crippen LogP contribution in [0, 0.1) is 0 Å². The summed E-state index contributed by atoms with van der Waals surface area (Å²) in [5.41, 5.74) is 10.4. The van der Waals surface area contributed by atoms with Crippen molar-refractivity contribution in [2.75, 3.05) is 20.1 Å². The first-order chi connectivity index (χ1) is 19.7. The van der Waals surface area contributed by atoms with Gasteiger partial charge in [0, 0.05) is 13.6 Å². The van der Waals surface area contributed by atoms with E-state index in [2.05, 4.69) is 41.7 Å². The molecule has 4 aromatic carbocycles. The van der Waals surface area contributed by atoms with Crippen molar-refractivity contribution in [2.45, 2.75) is 16.1 Å². The third-order valence-corrected chi connectivity index (χ3v) is 8.77. The number of carbonyl (C=O) groups is 1. The molecule has 0 atom stereocenters. The van der Waals surface area contributed by atoms with Crippen LogP contribution in [0.4, 0.5) is 0 Å². The molecule has 0 bridgehead atoms. The molecule has 0 fully saturated rings. The molecule has 212 valence electrons. The smallest absolute Gasteiger partial charge is 0.239 e. The fourth-order valence-electron chi connectivity index (χ4n) is 4.41. The maximum atomic E-state index is 12.6. The molecule has 4 rings (SSSR count). The average Bonchev–Trinajstić information content (AvgIpc) is 2.99. The Morgan fingerprint density at radius 2 is 1.29 bits per heavy atom. The molecule has 0 aliphatic heterocycles. The summed E-state index contributed by atoms with van der Waals surface area (Å²) in [7, 11) is -2.01. The van der Waals surface area contributed by atoms with Gasteiger partial charge in [-0.25, -0.2) is 13.6 Å². The minimum absolute atomic E-state index is 0.0231. The average molecular weight is 588 g/mol. The predicted octanol–water partition coefficient (Wildman–Crippen LogP) is 3.88. The van der Waals surface area contributed by atoms with E-state index in [-0.39, 0.29) is 23.3 Å². The lowest BCUT2D eigenvalue weighted by Gasteiger charge is -2.33. The number of primary sulfonamides is 1. The summed E-state index contributed by atoms with van der Waals surface area (Å²) >= 11 is 1.35. The van der Waals surface area contributed by atoms with Crippen LogP contribution in [0.3, 0.4) is 0 Å². The van der Waals surface area contributed by atoms with Gasteiger partial charge in [0.1, 0.15) is 4.75 Å². The standard InChI is InChI=1S/C31H33N5O3S2/c1-36(23-29(37)34-22-21-24-17-19-28(20-18-24)41(33,38)39)30(32)35-40-31(25-11-5-2-6-12-25,26-13-7-3-8-14-26)27-15-9-4-10-16-27/h2-20H,21-23H2,1H3,(H2,32,35)(H,34,37)(H2,33,38,39). The van der Waals surface area contributed by atoms with Crippen LogP contribution in [-0.4, -0.2) is 45.3 Å². The highest BCUT2D eigenvalue weighted by molar-refractivity contribution is 7.99. The third kappa shape index (κ3) is 7.55. The number of hydrogen-bond donors (Lipinski definition) is 3. The molecule has 5 N–H and O–H groups in total. The molecule has 0 heterocycles. The normalized spacial score (nSPS) is 12.1. The number of sulfonamides is 1. The van der Waals surface area contributed by atoms with E-state index in [9.17, 15) is 13.2 Å². The fraction of sp³-hybridized carbons (Fsp3) is 0.161. The van der Waals surface area contributed by atoms with Crippen molar-refractivity contribution in [3.8, 4) is 0 Å². The number of benzene rings is 4. The van der Waals surface area contributed by atoms with Crippen molar-refractivity contribution in [1.82, 2.24) is 10.2 Å². The van der Waals surface area contributed by atoms with E-state index < -0.39 is 14.8 Å². The number of guanidine groups is 1. The molecule has 0 aliphatic carbocycles. The topological polar surface area (TPSA) is 131 Å². The van der Waals surface area contributed by atoms with Crippen LogP contribution in [0.15, 0.2) is 125 Å². The number of amides is 1. The first-order valence-electron chi connectivity index (χ1n) is 13.0. The number of carbonyl (C=O) groups excluding carboxylic acids is 1. The van der Waals surface area contributed by atoms with Crippen molar-refractivity contribution in [2.24, 2.45) is 15.3 Å². The maximum absolute atomic E-state index is 12.6. The summed E-state index contributed by atoms with van der Waals surface area (Å²) in [4.78, 5) is 14.3. The zero-order valence-electron chi connectivity index (χ0n) is 22.7. The molecule has 0 saturated carbocycles. The van der Waals surface area contributed by atoms with Gasteiger partial charge in [0.2, 0.25) is 21.9 Å². The van der Waals surface area contributed by atoms with E-state index in [4.69, 9.17) is 15.3 Å². The summed E-state index contributed by atoms with van der Waals surface area (Å²) in [6.45, 7) is 0.404. The van der Waals surface area contributed by atoms with E-state index in [0.29, 0.717) is 13.0 Å². The van der Waals surface area contributed by atoms with Crippen molar-refractivity contribution >= 4 is 33.8 Å². The van der Waals surface area contributed by atoms with Gasteiger partial charge in [-0.1, -0.05) is 103 Å². The van der Waals surface area contributed by atoms with Gasteiger partial charge in [-0.2, -0.15) is 4.40 Å². The fourth-order valence-corrected chi connectivity index (χ4v) is 6.02. The second kappa shape index (κ2) is 13.5. The Hall–Kier alpha value is -4.12. The molecule has 0 saturated heterocycles. The lowest BCUT2D eigenvalue weighted by atomic mass is 9.84. The lowest BCUT2D eigenvalue weighted by Crippen LogP contribution is -2.42. The first-order valence-corrected chi connectivity index (χ1v) is 15.3. The van der Waals surface area contributed by atoms with Crippen molar-refractivity contribution in [3.05, 3.63) is 138 Å². The quantitative estimate of drug-likeness (QED) is 0.106. The van der Waals surface area contributed by atoms with Crippen LogP contribution < -0.4 is 16.2 Å². The van der Waals surface area contributed by atoms with Crippen LogP contribution in [0.5, 0.6) is 0 Å².